The molecule has 5 nitrogen and oxygen atoms in total. The fourth-order valence-corrected chi connectivity index (χ4v) is 3.36. The van der Waals surface area contributed by atoms with E-state index in [1.54, 1.807) is 0 Å². The zero-order valence-corrected chi connectivity index (χ0v) is 14.5. The summed E-state index contributed by atoms with van der Waals surface area (Å²) in [4.78, 5) is 12.1. The number of carbonyl (C=O) groups is 1. The molecule has 0 radical (unpaired) electrons. The van der Waals surface area contributed by atoms with Crippen LogP contribution in [0.2, 0.25) is 0 Å². The Morgan fingerprint density at radius 2 is 1.73 bits per heavy atom. The topological polar surface area (TPSA) is 59.6 Å². The molecule has 1 aliphatic carbocycles. The van der Waals surface area contributed by atoms with Crippen LogP contribution in [0.15, 0.2) is 0 Å². The van der Waals surface area contributed by atoms with Crippen molar-refractivity contribution in [3.8, 4) is 0 Å². The molecule has 0 bridgehead atoms. The lowest BCUT2D eigenvalue weighted by molar-refractivity contribution is 0.0485. The van der Waals surface area contributed by atoms with Gasteiger partial charge in [0.2, 0.25) is 0 Å². The van der Waals surface area contributed by atoms with Gasteiger partial charge in [0.15, 0.2) is 0 Å². The molecule has 0 aromatic carbocycles. The highest BCUT2D eigenvalue weighted by atomic mass is 16.6. The van der Waals surface area contributed by atoms with Gasteiger partial charge < -0.3 is 20.1 Å². The van der Waals surface area contributed by atoms with Gasteiger partial charge in [-0.05, 0) is 47.0 Å². The van der Waals surface area contributed by atoms with Crippen LogP contribution in [-0.4, -0.2) is 42.5 Å². The third-order valence-electron chi connectivity index (χ3n) is 4.52. The Labute approximate surface area is 134 Å². The van der Waals surface area contributed by atoms with Crippen molar-refractivity contribution in [2.24, 2.45) is 0 Å². The van der Waals surface area contributed by atoms with Gasteiger partial charge in [0.1, 0.15) is 5.60 Å². The first-order valence-electron chi connectivity index (χ1n) is 8.72. The highest BCUT2D eigenvalue weighted by molar-refractivity contribution is 5.68. The molecule has 1 amide bonds. The lowest BCUT2D eigenvalue weighted by Gasteiger charge is -2.31. The van der Waals surface area contributed by atoms with E-state index in [0.29, 0.717) is 12.1 Å². The number of carbonyl (C=O) groups excluding carboxylic acids is 1. The molecule has 4 unspecified atom stereocenters. The quantitative estimate of drug-likeness (QED) is 0.787. The Kier molecular flexibility index (Phi) is 6.09. The summed E-state index contributed by atoms with van der Waals surface area (Å²) in [6, 6.07) is 0.848. The zero-order chi connectivity index (χ0) is 16.2. The lowest BCUT2D eigenvalue weighted by Crippen LogP contribution is -2.54. The van der Waals surface area contributed by atoms with Crippen LogP contribution in [0.5, 0.6) is 0 Å². The predicted octanol–water partition coefficient (Wildman–Crippen LogP) is 2.98. The van der Waals surface area contributed by atoms with E-state index in [1.807, 2.05) is 20.8 Å². The summed E-state index contributed by atoms with van der Waals surface area (Å²) < 4.78 is 11.1. The number of nitrogens with one attached hydrogen (secondary N) is 2. The van der Waals surface area contributed by atoms with E-state index in [-0.39, 0.29) is 18.2 Å². The van der Waals surface area contributed by atoms with Gasteiger partial charge in [0.05, 0.1) is 6.10 Å². The lowest BCUT2D eigenvalue weighted by atomic mass is 10.0. The van der Waals surface area contributed by atoms with Crippen molar-refractivity contribution in [3.05, 3.63) is 0 Å². The van der Waals surface area contributed by atoms with Crippen LogP contribution in [0.3, 0.4) is 0 Å². The van der Waals surface area contributed by atoms with Crippen molar-refractivity contribution in [2.45, 2.75) is 96.1 Å². The van der Waals surface area contributed by atoms with E-state index in [1.165, 1.54) is 12.8 Å². The molecule has 1 heterocycles. The van der Waals surface area contributed by atoms with Gasteiger partial charge in [-0.3, -0.25) is 0 Å². The molecule has 1 saturated carbocycles. The van der Waals surface area contributed by atoms with E-state index in [2.05, 4.69) is 17.6 Å². The number of alkyl carbamates (subject to hydrolysis) is 1. The highest BCUT2D eigenvalue weighted by Crippen LogP contribution is 2.22. The van der Waals surface area contributed by atoms with Crippen LogP contribution in [0.25, 0.3) is 0 Å². The fraction of sp³-hybridized carbons (Fsp3) is 0.941. The van der Waals surface area contributed by atoms with Crippen LogP contribution in [0.1, 0.15) is 66.2 Å². The first-order valence-corrected chi connectivity index (χ1v) is 8.72. The summed E-state index contributed by atoms with van der Waals surface area (Å²) in [6.07, 6.45) is 6.73. The van der Waals surface area contributed by atoms with Crippen LogP contribution in [0.4, 0.5) is 4.79 Å². The summed E-state index contributed by atoms with van der Waals surface area (Å²) >= 11 is 0. The number of rotatable bonds is 3. The normalized spacial score (nSPS) is 33.3. The van der Waals surface area contributed by atoms with Gasteiger partial charge >= 0.3 is 6.09 Å². The maximum Gasteiger partial charge on any atom is 0.407 e. The average Bonchev–Trinajstić information content (AvgIpc) is 2.66. The SMILES string of the molecule is CC1OCCC1NC1CCCCCC1NC(=O)OC(C)(C)C. The molecule has 22 heavy (non-hydrogen) atoms. The Hall–Kier alpha value is -0.810. The summed E-state index contributed by atoms with van der Waals surface area (Å²) in [5, 5.41) is 6.82. The number of amides is 1. The van der Waals surface area contributed by atoms with Gasteiger partial charge in [-0.15, -0.1) is 0 Å². The van der Waals surface area contributed by atoms with E-state index in [4.69, 9.17) is 9.47 Å². The minimum absolute atomic E-state index is 0.144. The summed E-state index contributed by atoms with van der Waals surface area (Å²) in [7, 11) is 0. The second kappa shape index (κ2) is 7.64. The van der Waals surface area contributed by atoms with Crippen LogP contribution >= 0.6 is 0 Å². The van der Waals surface area contributed by atoms with Crippen LogP contribution in [0, 0.1) is 0 Å². The molecule has 0 spiro atoms. The second-order valence-corrected chi connectivity index (χ2v) is 7.63. The third kappa shape index (κ3) is 5.43. The van der Waals surface area contributed by atoms with E-state index >= 15 is 0 Å². The Morgan fingerprint density at radius 3 is 2.32 bits per heavy atom. The monoisotopic (exact) mass is 312 g/mol. The van der Waals surface area contributed by atoms with Crippen LogP contribution in [-0.2, 0) is 9.47 Å². The maximum absolute atomic E-state index is 12.1. The molecule has 0 aromatic heterocycles. The molecule has 1 aliphatic heterocycles. The number of ether oxygens (including phenoxy) is 2. The largest absolute Gasteiger partial charge is 0.444 e. The van der Waals surface area contributed by atoms with Gasteiger partial charge in [-0.2, -0.15) is 0 Å². The molecule has 2 N–H and O–H groups in total. The minimum atomic E-state index is -0.453. The molecule has 128 valence electrons. The summed E-state index contributed by atoms with van der Waals surface area (Å²) in [6.45, 7) is 8.64. The van der Waals surface area contributed by atoms with Gasteiger partial charge in [0.25, 0.3) is 0 Å². The van der Waals surface area contributed by atoms with Crippen LogP contribution < -0.4 is 10.6 Å². The van der Waals surface area contributed by atoms with Crippen molar-refractivity contribution in [1.29, 1.82) is 0 Å². The van der Waals surface area contributed by atoms with Gasteiger partial charge in [-0.1, -0.05) is 19.3 Å². The molecule has 2 aliphatic rings. The Balaban J connectivity index is 1.93. The standard InChI is InChI=1S/C17H32N2O3/c1-12-13(10-11-21-12)18-14-8-6-5-7-9-15(14)19-16(20)22-17(2,3)4/h12-15,18H,5-11H2,1-4H3,(H,19,20). The molecular weight excluding hydrogens is 280 g/mol. The van der Waals surface area contributed by atoms with E-state index < -0.39 is 5.60 Å². The highest BCUT2D eigenvalue weighted by Gasteiger charge is 2.32. The third-order valence-corrected chi connectivity index (χ3v) is 4.52. The van der Waals surface area contributed by atoms with Crippen molar-refractivity contribution >= 4 is 6.09 Å². The van der Waals surface area contributed by atoms with Crippen molar-refractivity contribution < 1.29 is 14.3 Å². The van der Waals surface area contributed by atoms with E-state index in [0.717, 1.165) is 32.3 Å². The minimum Gasteiger partial charge on any atom is -0.444 e. The summed E-state index contributed by atoms with van der Waals surface area (Å²) in [5.41, 5.74) is -0.453. The molecule has 2 fully saturated rings. The van der Waals surface area contributed by atoms with Crippen molar-refractivity contribution in [1.82, 2.24) is 10.6 Å². The predicted molar refractivity (Wildman–Crippen MR) is 87.0 cm³/mol. The smallest absolute Gasteiger partial charge is 0.407 e. The number of hydrogen-bond donors (Lipinski definition) is 2. The Morgan fingerprint density at radius 1 is 1.05 bits per heavy atom. The summed E-state index contributed by atoms with van der Waals surface area (Å²) in [5.74, 6) is 0. The molecular formula is C17H32N2O3. The van der Waals surface area contributed by atoms with Crippen molar-refractivity contribution in [2.75, 3.05) is 6.61 Å². The average molecular weight is 312 g/mol. The Bertz CT molecular complexity index is 367. The fourth-order valence-electron chi connectivity index (χ4n) is 3.36. The zero-order valence-electron chi connectivity index (χ0n) is 14.5. The second-order valence-electron chi connectivity index (χ2n) is 7.63. The number of hydrogen-bond acceptors (Lipinski definition) is 4. The molecule has 4 atom stereocenters. The molecule has 0 aromatic rings. The van der Waals surface area contributed by atoms with Gasteiger partial charge in [0, 0.05) is 24.7 Å². The molecule has 1 saturated heterocycles. The van der Waals surface area contributed by atoms with Crippen molar-refractivity contribution in [3.63, 3.8) is 0 Å². The first-order chi connectivity index (χ1) is 10.3. The maximum atomic E-state index is 12.1. The molecule has 5 heteroatoms. The van der Waals surface area contributed by atoms with E-state index in [9.17, 15) is 4.79 Å². The van der Waals surface area contributed by atoms with Gasteiger partial charge in [-0.25, -0.2) is 4.79 Å². The molecule has 2 rings (SSSR count). The first kappa shape index (κ1) is 17.5.